The van der Waals surface area contributed by atoms with Gasteiger partial charge in [-0.2, -0.15) is 0 Å². The molecular weight excluding hydrogens is 270 g/mol. The maximum Gasteiger partial charge on any atom is 0.355 e. The Kier molecular flexibility index (Phi) is 3.51. The molecule has 0 aromatic carbocycles. The average molecular weight is 287 g/mol. The fraction of sp³-hybridized carbons (Fsp3) is 0.333. The number of nitrogens with two attached hydrogens (primary N) is 1. The number of methoxy groups -OCH3 is 1. The Bertz CT molecular complexity index is 662. The lowest BCUT2D eigenvalue weighted by molar-refractivity contribution is 0.0456. The molecule has 1 fully saturated rings. The minimum absolute atomic E-state index is 0.117. The topological polar surface area (TPSA) is 79.4 Å². The molecule has 0 unspecified atom stereocenters. The van der Waals surface area contributed by atoms with Crippen LogP contribution in [0, 0.1) is 0 Å². The van der Waals surface area contributed by atoms with E-state index in [1.54, 1.807) is 24.5 Å². The van der Waals surface area contributed by atoms with Crippen molar-refractivity contribution in [1.29, 1.82) is 0 Å². The molecular formula is C15H17N3O3. The van der Waals surface area contributed by atoms with E-state index in [-0.39, 0.29) is 12.6 Å². The summed E-state index contributed by atoms with van der Waals surface area (Å²) in [4.78, 5) is 16.3. The number of carbonyl (C=O) groups is 1. The van der Waals surface area contributed by atoms with Crippen molar-refractivity contribution in [3.8, 4) is 5.88 Å². The summed E-state index contributed by atoms with van der Waals surface area (Å²) in [6.45, 7) is 0.117. The van der Waals surface area contributed by atoms with E-state index in [0.29, 0.717) is 23.3 Å². The van der Waals surface area contributed by atoms with Crippen LogP contribution in [0.5, 0.6) is 5.88 Å². The molecule has 0 amide bonds. The van der Waals surface area contributed by atoms with Gasteiger partial charge in [0, 0.05) is 18.4 Å². The number of ether oxygens (including phenoxy) is 2. The molecule has 1 aliphatic carbocycles. The summed E-state index contributed by atoms with van der Waals surface area (Å²) in [6.07, 6.45) is 5.57. The average Bonchev–Trinajstić information content (AvgIpc) is 3.27. The zero-order valence-electron chi connectivity index (χ0n) is 11.8. The third-order valence-corrected chi connectivity index (χ3v) is 3.42. The molecule has 2 aromatic rings. The summed E-state index contributed by atoms with van der Waals surface area (Å²) in [6, 6.07) is 5.61. The highest BCUT2D eigenvalue weighted by Crippen LogP contribution is 2.37. The molecule has 0 aliphatic heterocycles. The molecule has 0 saturated heterocycles. The van der Waals surface area contributed by atoms with Gasteiger partial charge in [-0.1, -0.05) is 0 Å². The second-order valence-electron chi connectivity index (χ2n) is 5.05. The molecule has 3 rings (SSSR count). The lowest BCUT2D eigenvalue weighted by Gasteiger charge is -2.09. The van der Waals surface area contributed by atoms with Gasteiger partial charge in [-0.3, -0.25) is 0 Å². The van der Waals surface area contributed by atoms with Crippen LogP contribution >= 0.6 is 0 Å². The molecule has 21 heavy (non-hydrogen) atoms. The maximum atomic E-state index is 12.2. The van der Waals surface area contributed by atoms with E-state index >= 15 is 0 Å². The van der Waals surface area contributed by atoms with E-state index in [4.69, 9.17) is 15.2 Å². The Morgan fingerprint density at radius 2 is 2.33 bits per heavy atom. The van der Waals surface area contributed by atoms with E-state index in [9.17, 15) is 4.79 Å². The molecule has 2 N–H and O–H groups in total. The first-order valence-electron chi connectivity index (χ1n) is 6.81. The molecule has 2 aromatic heterocycles. The van der Waals surface area contributed by atoms with Gasteiger partial charge in [0.25, 0.3) is 0 Å². The number of hydrogen-bond acceptors (Lipinski definition) is 5. The normalized spacial score (nSPS) is 14.0. The minimum atomic E-state index is -0.385. The first-order chi connectivity index (χ1) is 10.2. The van der Waals surface area contributed by atoms with Gasteiger partial charge >= 0.3 is 5.97 Å². The Morgan fingerprint density at radius 3 is 3.05 bits per heavy atom. The number of esters is 1. The van der Waals surface area contributed by atoms with Crippen molar-refractivity contribution < 1.29 is 14.3 Å². The van der Waals surface area contributed by atoms with Gasteiger partial charge in [-0.15, -0.1) is 0 Å². The van der Waals surface area contributed by atoms with Crippen molar-refractivity contribution in [3.63, 3.8) is 0 Å². The summed E-state index contributed by atoms with van der Waals surface area (Å²) in [5.41, 5.74) is 7.58. The van der Waals surface area contributed by atoms with Crippen molar-refractivity contribution in [1.82, 2.24) is 9.55 Å². The summed E-state index contributed by atoms with van der Waals surface area (Å²) < 4.78 is 12.4. The number of hydrogen-bond donors (Lipinski definition) is 1. The lowest BCUT2D eigenvalue weighted by Crippen LogP contribution is -2.11. The van der Waals surface area contributed by atoms with Gasteiger partial charge < -0.3 is 19.8 Å². The van der Waals surface area contributed by atoms with E-state index in [1.807, 2.05) is 10.6 Å². The Hall–Kier alpha value is -2.50. The minimum Gasteiger partial charge on any atom is -0.481 e. The Morgan fingerprint density at radius 1 is 1.52 bits per heavy atom. The zero-order chi connectivity index (χ0) is 14.8. The zero-order valence-corrected chi connectivity index (χ0v) is 11.8. The van der Waals surface area contributed by atoms with Crippen LogP contribution in [0.2, 0.25) is 0 Å². The molecule has 1 saturated carbocycles. The highest BCUT2D eigenvalue weighted by molar-refractivity contribution is 5.89. The maximum absolute atomic E-state index is 12.2. The van der Waals surface area contributed by atoms with E-state index in [2.05, 4.69) is 4.98 Å². The number of anilines is 1. The first-order valence-corrected chi connectivity index (χ1v) is 6.81. The first kappa shape index (κ1) is 13.5. The van der Waals surface area contributed by atoms with Crippen LogP contribution < -0.4 is 10.5 Å². The van der Waals surface area contributed by atoms with E-state index in [0.717, 1.165) is 18.4 Å². The van der Waals surface area contributed by atoms with Gasteiger partial charge in [0.05, 0.1) is 18.4 Å². The van der Waals surface area contributed by atoms with Gasteiger partial charge in [0.2, 0.25) is 5.88 Å². The SMILES string of the molecule is COc1ncccc1COC(=O)c1cc(N)cn1C1CC1. The Labute approximate surface area is 122 Å². The standard InChI is InChI=1S/C15H17N3O3/c1-20-14-10(3-2-6-17-14)9-21-15(19)13-7-11(16)8-18(13)12-4-5-12/h2-3,6-8,12H,4-5,9,16H2,1H3. The van der Waals surface area contributed by atoms with Crippen LogP contribution in [-0.2, 0) is 11.3 Å². The Balaban J connectivity index is 1.72. The predicted molar refractivity (Wildman–Crippen MR) is 77.0 cm³/mol. The van der Waals surface area contributed by atoms with Crippen molar-refractivity contribution >= 4 is 11.7 Å². The number of pyridine rings is 1. The van der Waals surface area contributed by atoms with E-state index in [1.165, 1.54) is 7.11 Å². The molecule has 0 atom stereocenters. The van der Waals surface area contributed by atoms with Crippen LogP contribution in [0.4, 0.5) is 5.69 Å². The summed E-state index contributed by atoms with van der Waals surface area (Å²) in [5.74, 6) is 0.0758. The number of nitrogen functional groups attached to an aromatic ring is 1. The van der Waals surface area contributed by atoms with Gasteiger partial charge in [-0.25, -0.2) is 9.78 Å². The van der Waals surface area contributed by atoms with Crippen molar-refractivity contribution in [2.45, 2.75) is 25.5 Å². The van der Waals surface area contributed by atoms with E-state index < -0.39 is 0 Å². The summed E-state index contributed by atoms with van der Waals surface area (Å²) >= 11 is 0. The second kappa shape index (κ2) is 5.47. The second-order valence-corrected chi connectivity index (χ2v) is 5.05. The van der Waals surface area contributed by atoms with Crippen molar-refractivity contribution in [2.24, 2.45) is 0 Å². The van der Waals surface area contributed by atoms with Gasteiger partial charge in [0.1, 0.15) is 12.3 Å². The molecule has 6 nitrogen and oxygen atoms in total. The molecule has 0 radical (unpaired) electrons. The number of carbonyl (C=O) groups excluding carboxylic acids is 1. The smallest absolute Gasteiger partial charge is 0.355 e. The quantitative estimate of drug-likeness (QED) is 0.852. The molecule has 0 spiro atoms. The largest absolute Gasteiger partial charge is 0.481 e. The monoisotopic (exact) mass is 287 g/mol. The molecule has 110 valence electrons. The third-order valence-electron chi connectivity index (χ3n) is 3.42. The van der Waals surface area contributed by atoms with Crippen LogP contribution in [0.15, 0.2) is 30.6 Å². The highest BCUT2D eigenvalue weighted by Gasteiger charge is 2.28. The van der Waals surface area contributed by atoms with Crippen LogP contribution in [0.1, 0.15) is 34.9 Å². The fourth-order valence-electron chi connectivity index (χ4n) is 2.25. The predicted octanol–water partition coefficient (Wildman–Crippen LogP) is 2.17. The molecule has 2 heterocycles. The summed E-state index contributed by atoms with van der Waals surface area (Å²) in [7, 11) is 1.53. The summed E-state index contributed by atoms with van der Waals surface area (Å²) in [5, 5.41) is 0. The van der Waals surface area contributed by atoms with Crippen LogP contribution in [-0.4, -0.2) is 22.6 Å². The molecule has 6 heteroatoms. The van der Waals surface area contributed by atoms with Crippen molar-refractivity contribution in [2.75, 3.05) is 12.8 Å². The fourth-order valence-corrected chi connectivity index (χ4v) is 2.25. The van der Waals surface area contributed by atoms with Crippen molar-refractivity contribution in [3.05, 3.63) is 41.9 Å². The number of aromatic nitrogens is 2. The van der Waals surface area contributed by atoms with Crippen LogP contribution in [0.3, 0.4) is 0 Å². The molecule has 0 bridgehead atoms. The number of nitrogens with zero attached hydrogens (tertiary/aromatic N) is 2. The van der Waals surface area contributed by atoms with Crippen LogP contribution in [0.25, 0.3) is 0 Å². The van der Waals surface area contributed by atoms with Gasteiger partial charge in [0.15, 0.2) is 0 Å². The lowest BCUT2D eigenvalue weighted by atomic mass is 10.3. The number of rotatable bonds is 5. The van der Waals surface area contributed by atoms with Gasteiger partial charge in [-0.05, 0) is 31.0 Å². The molecule has 1 aliphatic rings. The third kappa shape index (κ3) is 2.84. The highest BCUT2D eigenvalue weighted by atomic mass is 16.5.